The van der Waals surface area contributed by atoms with E-state index in [1.54, 1.807) is 12.4 Å². The fourth-order valence-corrected chi connectivity index (χ4v) is 2.22. The van der Waals surface area contributed by atoms with Crippen molar-refractivity contribution in [3.05, 3.63) is 133 Å². The summed E-state index contributed by atoms with van der Waals surface area (Å²) in [5.41, 5.74) is 7.59. The molecular formula is C36H58N2. The van der Waals surface area contributed by atoms with Crippen LogP contribution in [0.15, 0.2) is 128 Å². The molecule has 2 N–H and O–H groups in total. The van der Waals surface area contributed by atoms with Crippen LogP contribution in [-0.4, -0.2) is 4.98 Å². The molecule has 0 saturated heterocycles. The van der Waals surface area contributed by atoms with Gasteiger partial charge in [0.1, 0.15) is 0 Å². The van der Waals surface area contributed by atoms with Crippen LogP contribution in [0.2, 0.25) is 0 Å². The number of nitrogens with zero attached hydrogens (tertiary/aromatic N) is 1. The van der Waals surface area contributed by atoms with E-state index >= 15 is 0 Å². The van der Waals surface area contributed by atoms with Crippen molar-refractivity contribution in [2.75, 3.05) is 5.73 Å². The third-order valence-corrected chi connectivity index (χ3v) is 3.99. The molecule has 0 saturated carbocycles. The van der Waals surface area contributed by atoms with Crippen LogP contribution >= 0.6 is 0 Å². The quantitative estimate of drug-likeness (QED) is 0.274. The zero-order chi connectivity index (χ0) is 29.5. The van der Waals surface area contributed by atoms with Gasteiger partial charge in [-0.3, -0.25) is 4.98 Å². The SMILES string of the molecule is CC.CC.CC.CCCCC.CCc1ccccc1.Nc1ccccc1.c1ccccc1.c1ccncc1. The van der Waals surface area contributed by atoms with Gasteiger partial charge in [-0.1, -0.05) is 173 Å². The fraction of sp³-hybridized carbons (Fsp3) is 0.361. The van der Waals surface area contributed by atoms with Gasteiger partial charge in [-0.25, -0.2) is 0 Å². The number of pyridine rings is 1. The summed E-state index contributed by atoms with van der Waals surface area (Å²) in [6, 6.07) is 37.7. The molecule has 0 radical (unpaired) electrons. The molecule has 0 aliphatic heterocycles. The lowest BCUT2D eigenvalue weighted by molar-refractivity contribution is 0.772. The Morgan fingerprint density at radius 2 is 0.789 bits per heavy atom. The fourth-order valence-electron chi connectivity index (χ4n) is 2.22. The zero-order valence-electron chi connectivity index (χ0n) is 26.0. The van der Waals surface area contributed by atoms with Crippen LogP contribution in [0.5, 0.6) is 0 Å². The highest BCUT2D eigenvalue weighted by Crippen LogP contribution is 1.97. The first-order valence-electron chi connectivity index (χ1n) is 14.4. The summed E-state index contributed by atoms with van der Waals surface area (Å²) in [5, 5.41) is 0. The lowest BCUT2D eigenvalue weighted by Crippen LogP contribution is -1.79. The summed E-state index contributed by atoms with van der Waals surface area (Å²) in [5.74, 6) is 0. The van der Waals surface area contributed by atoms with E-state index in [4.69, 9.17) is 5.73 Å². The van der Waals surface area contributed by atoms with Crippen LogP contribution in [0.1, 0.15) is 87.1 Å². The molecule has 0 unspecified atom stereocenters. The van der Waals surface area contributed by atoms with E-state index < -0.39 is 0 Å². The predicted molar refractivity (Wildman–Crippen MR) is 177 cm³/mol. The number of rotatable bonds is 3. The van der Waals surface area contributed by atoms with Crippen LogP contribution < -0.4 is 5.73 Å². The third-order valence-electron chi connectivity index (χ3n) is 3.99. The highest BCUT2D eigenvalue weighted by molar-refractivity contribution is 5.35. The molecule has 0 atom stereocenters. The van der Waals surface area contributed by atoms with Gasteiger partial charge in [0.25, 0.3) is 0 Å². The molecule has 0 amide bonds. The minimum atomic E-state index is 0.822. The Bertz CT molecular complexity index is 718. The minimum Gasteiger partial charge on any atom is -0.399 e. The first-order chi connectivity index (χ1) is 18.7. The Labute approximate surface area is 237 Å². The van der Waals surface area contributed by atoms with Gasteiger partial charge in [0.15, 0.2) is 0 Å². The molecule has 0 bridgehead atoms. The summed E-state index contributed by atoms with van der Waals surface area (Å²) in [6.45, 7) is 18.6. The predicted octanol–water partition coefficient (Wildman–Crippen LogP) is 11.6. The molecule has 1 aromatic heterocycles. The first-order valence-corrected chi connectivity index (χ1v) is 14.4. The number of aromatic nitrogens is 1. The molecule has 0 fully saturated rings. The Hall–Kier alpha value is -3.39. The number of anilines is 1. The van der Waals surface area contributed by atoms with Crippen LogP contribution in [0.25, 0.3) is 0 Å². The van der Waals surface area contributed by atoms with Gasteiger partial charge in [-0.05, 0) is 36.2 Å². The number of hydrogen-bond acceptors (Lipinski definition) is 2. The van der Waals surface area contributed by atoms with E-state index in [-0.39, 0.29) is 0 Å². The molecule has 4 aromatic rings. The molecule has 4 rings (SSSR count). The van der Waals surface area contributed by atoms with Crippen molar-refractivity contribution in [3.63, 3.8) is 0 Å². The maximum Gasteiger partial charge on any atom is 0.0313 e. The highest BCUT2D eigenvalue weighted by atomic mass is 14.6. The Balaban J connectivity index is -0.000000182. The van der Waals surface area contributed by atoms with Crippen LogP contribution in [0.3, 0.4) is 0 Å². The van der Waals surface area contributed by atoms with Crippen molar-refractivity contribution in [1.29, 1.82) is 0 Å². The molecule has 3 aromatic carbocycles. The number of nitrogens with two attached hydrogens (primary N) is 1. The standard InChI is InChI=1S/C8H10.C6H7N.C6H6.C5H5N.C5H12.3C2H6/c1-2-8-6-4-3-5-7-8;7-6-4-2-1-3-5-6;2*1-2-4-6-5-3-1;1-3-5-4-2;3*1-2/h3-7H,2H2,1H3;1-5H,7H2;1-6H;1-5H;3-5H2,1-2H3;3*1-2H3. The van der Waals surface area contributed by atoms with Crippen molar-refractivity contribution in [3.8, 4) is 0 Å². The smallest absolute Gasteiger partial charge is 0.0313 e. The first kappa shape index (κ1) is 41.7. The van der Waals surface area contributed by atoms with E-state index in [0.29, 0.717) is 0 Å². The zero-order valence-corrected chi connectivity index (χ0v) is 26.0. The summed E-state index contributed by atoms with van der Waals surface area (Å²) >= 11 is 0. The number of unbranched alkanes of at least 4 members (excludes halogenated alkanes) is 2. The van der Waals surface area contributed by atoms with E-state index in [2.05, 4.69) is 50.0 Å². The van der Waals surface area contributed by atoms with Gasteiger partial charge in [-0.15, -0.1) is 0 Å². The second kappa shape index (κ2) is 43.7. The van der Waals surface area contributed by atoms with E-state index in [1.807, 2.05) is 133 Å². The number of benzene rings is 3. The highest BCUT2D eigenvalue weighted by Gasteiger charge is 1.80. The lowest BCUT2D eigenvalue weighted by Gasteiger charge is -1.89. The second-order valence-corrected chi connectivity index (χ2v) is 6.78. The van der Waals surface area contributed by atoms with E-state index in [0.717, 1.165) is 12.1 Å². The van der Waals surface area contributed by atoms with E-state index in [1.165, 1.54) is 24.8 Å². The number of para-hydroxylation sites is 1. The second-order valence-electron chi connectivity index (χ2n) is 6.78. The summed E-state index contributed by atoms with van der Waals surface area (Å²) in [6.07, 6.45) is 8.72. The van der Waals surface area contributed by atoms with Crippen molar-refractivity contribution < 1.29 is 0 Å². The topological polar surface area (TPSA) is 38.9 Å². The molecule has 1 heterocycles. The Morgan fingerprint density at radius 3 is 0.947 bits per heavy atom. The van der Waals surface area contributed by atoms with Crippen molar-refractivity contribution >= 4 is 5.69 Å². The molecule has 38 heavy (non-hydrogen) atoms. The summed E-state index contributed by atoms with van der Waals surface area (Å²) < 4.78 is 0. The van der Waals surface area contributed by atoms with Gasteiger partial charge in [0.05, 0.1) is 0 Å². The maximum atomic E-state index is 5.36. The van der Waals surface area contributed by atoms with Crippen molar-refractivity contribution in [2.24, 2.45) is 0 Å². The van der Waals surface area contributed by atoms with Crippen LogP contribution in [0, 0.1) is 0 Å². The van der Waals surface area contributed by atoms with Gasteiger partial charge >= 0.3 is 0 Å². The van der Waals surface area contributed by atoms with Gasteiger partial charge in [0, 0.05) is 18.1 Å². The molecule has 2 nitrogen and oxygen atoms in total. The minimum absolute atomic E-state index is 0.822. The van der Waals surface area contributed by atoms with Crippen LogP contribution in [-0.2, 0) is 6.42 Å². The largest absolute Gasteiger partial charge is 0.399 e. The molecule has 0 aliphatic rings. The van der Waals surface area contributed by atoms with Crippen molar-refractivity contribution in [1.82, 2.24) is 4.98 Å². The average molecular weight is 519 g/mol. The number of nitrogen functional groups attached to an aromatic ring is 1. The van der Waals surface area contributed by atoms with Gasteiger partial charge in [0.2, 0.25) is 0 Å². The van der Waals surface area contributed by atoms with Gasteiger partial charge < -0.3 is 5.73 Å². The molecule has 212 valence electrons. The molecule has 0 aliphatic carbocycles. The van der Waals surface area contributed by atoms with Gasteiger partial charge in [-0.2, -0.15) is 0 Å². The monoisotopic (exact) mass is 518 g/mol. The average Bonchev–Trinajstić information content (AvgIpc) is 3.04. The molecule has 2 heteroatoms. The Kier molecular flexibility index (Phi) is 47.9. The van der Waals surface area contributed by atoms with Crippen LogP contribution in [0.4, 0.5) is 5.69 Å². The summed E-state index contributed by atoms with van der Waals surface area (Å²) in [4.78, 5) is 3.78. The van der Waals surface area contributed by atoms with Crippen molar-refractivity contribution in [2.45, 2.75) is 88.0 Å². The lowest BCUT2D eigenvalue weighted by atomic mass is 10.2. The summed E-state index contributed by atoms with van der Waals surface area (Å²) in [7, 11) is 0. The van der Waals surface area contributed by atoms with E-state index in [9.17, 15) is 0 Å². The molecule has 0 spiro atoms. The number of aryl methyl sites for hydroxylation is 1. The number of hydrogen-bond donors (Lipinski definition) is 1. The third kappa shape index (κ3) is 39.8. The molecular weight excluding hydrogens is 460 g/mol. The normalized spacial score (nSPS) is 7.61. The Morgan fingerprint density at radius 1 is 0.474 bits per heavy atom. The maximum absolute atomic E-state index is 5.36.